The van der Waals surface area contributed by atoms with E-state index >= 15 is 0 Å². The topological polar surface area (TPSA) is 81.4 Å². The molecule has 1 fully saturated rings. The van der Waals surface area contributed by atoms with Crippen LogP contribution < -0.4 is 34.5 Å². The van der Waals surface area contributed by atoms with Gasteiger partial charge in [-0.15, -0.1) is 0 Å². The molecule has 11 heteroatoms. The summed E-state index contributed by atoms with van der Waals surface area (Å²) in [6.07, 6.45) is 5.15. The summed E-state index contributed by atoms with van der Waals surface area (Å²) in [7, 11) is 0.102. The largest absolute Gasteiger partial charge is 1.00 e. The Morgan fingerprint density at radius 2 is 2.18 bits per heavy atom. The number of allylic oxidation sites excluding steroid dienone is 1. The Morgan fingerprint density at radius 1 is 1.39 bits per heavy atom. The Labute approximate surface area is 193 Å². The Bertz CT molecular complexity index is 857. The van der Waals surface area contributed by atoms with Crippen LogP contribution >= 0.6 is 11.6 Å². The van der Waals surface area contributed by atoms with E-state index in [-0.39, 0.29) is 35.3 Å². The fourth-order valence-electron chi connectivity index (χ4n) is 3.05. The van der Waals surface area contributed by atoms with Crippen LogP contribution in [0.4, 0.5) is 5.69 Å². The van der Waals surface area contributed by atoms with Crippen LogP contribution in [0.3, 0.4) is 0 Å². The van der Waals surface area contributed by atoms with E-state index < -0.39 is 11.0 Å². The molecular formula is C17H19ClN5NaO3S. The average molecular weight is 432 g/mol. The molecule has 1 aromatic rings. The smallest absolute Gasteiger partial charge is 0.663 e. The Balaban J connectivity index is 0.00000225. The molecule has 4 rings (SSSR count). The number of amidine groups is 1. The van der Waals surface area contributed by atoms with Crippen LogP contribution in [0.5, 0.6) is 0 Å². The van der Waals surface area contributed by atoms with Crippen LogP contribution in [-0.2, 0) is 26.2 Å². The average Bonchev–Trinajstić information content (AvgIpc) is 3.18. The van der Waals surface area contributed by atoms with Gasteiger partial charge in [-0.3, -0.25) is 9.98 Å². The van der Waals surface area contributed by atoms with Crippen molar-refractivity contribution in [1.82, 2.24) is 9.29 Å². The van der Waals surface area contributed by atoms with Gasteiger partial charge in [-0.2, -0.15) is 0 Å². The first-order chi connectivity index (χ1) is 13.2. The maximum Gasteiger partial charge on any atom is 1.00 e. The first kappa shape index (κ1) is 21.6. The molecule has 0 aliphatic carbocycles. The molecule has 1 atom stereocenters. The van der Waals surface area contributed by atoms with Gasteiger partial charge in [0, 0.05) is 19.3 Å². The fraction of sp³-hybridized carbons (Fsp3) is 0.412. The third-order valence-corrected chi connectivity index (χ3v) is 6.08. The second-order valence-corrected chi connectivity index (χ2v) is 7.73. The number of fused-ring (bicyclic) bond motifs is 1. The predicted octanol–water partition coefficient (Wildman–Crippen LogP) is -0.830. The van der Waals surface area contributed by atoms with Gasteiger partial charge in [-0.1, -0.05) is 17.3 Å². The van der Waals surface area contributed by atoms with Crippen molar-refractivity contribution >= 4 is 34.1 Å². The number of aliphatic imine (C=N–C) groups is 1. The molecule has 1 aromatic heterocycles. The number of pyridine rings is 1. The van der Waals surface area contributed by atoms with E-state index in [0.29, 0.717) is 47.9 Å². The zero-order valence-electron chi connectivity index (χ0n) is 15.8. The molecule has 0 N–H and O–H groups in total. The van der Waals surface area contributed by atoms with E-state index in [0.717, 1.165) is 18.8 Å². The predicted molar refractivity (Wildman–Crippen MR) is 105 cm³/mol. The van der Waals surface area contributed by atoms with Crippen molar-refractivity contribution in [3.63, 3.8) is 0 Å². The molecule has 4 heterocycles. The van der Waals surface area contributed by atoms with Gasteiger partial charge < -0.3 is 19.7 Å². The van der Waals surface area contributed by atoms with Gasteiger partial charge in [0.1, 0.15) is 22.6 Å². The quantitative estimate of drug-likeness (QED) is 0.568. The van der Waals surface area contributed by atoms with Crippen LogP contribution in [0.15, 0.2) is 41.0 Å². The molecule has 144 valence electrons. The third kappa shape index (κ3) is 4.39. The van der Waals surface area contributed by atoms with Gasteiger partial charge in [0.2, 0.25) is 0 Å². The summed E-state index contributed by atoms with van der Waals surface area (Å²) >= 11 is 6.59. The van der Waals surface area contributed by atoms with Crippen molar-refractivity contribution in [2.45, 2.75) is 5.75 Å². The molecule has 3 aliphatic heterocycles. The standard InChI is InChI=1S/C17H19ClN5O3S.Na/c1-25-12-8-13-17(21-11-20-13)23(9-12)27(24)10-14-16(18)15(2-3-19-14)22-4-6-26-7-5-22;/h2-3,8-9H,4-7,10-11H2,1H3;/q-1;+1/t27-;/m1./s1. The van der Waals surface area contributed by atoms with E-state index in [9.17, 15) is 4.21 Å². The maximum absolute atomic E-state index is 13.1. The maximum atomic E-state index is 13.1. The monoisotopic (exact) mass is 431 g/mol. The second-order valence-electron chi connectivity index (χ2n) is 6.03. The molecule has 0 aromatic carbocycles. The van der Waals surface area contributed by atoms with E-state index in [1.54, 1.807) is 29.9 Å². The number of methoxy groups -OCH3 is 1. The molecule has 28 heavy (non-hydrogen) atoms. The molecule has 8 nitrogen and oxygen atoms in total. The molecule has 0 bridgehead atoms. The molecule has 0 amide bonds. The fourth-order valence-corrected chi connectivity index (χ4v) is 4.58. The first-order valence-electron chi connectivity index (χ1n) is 8.51. The Morgan fingerprint density at radius 3 is 2.93 bits per heavy atom. The Kier molecular flexibility index (Phi) is 7.41. The number of ether oxygens (including phenoxy) is 2. The van der Waals surface area contributed by atoms with Crippen molar-refractivity contribution in [1.29, 1.82) is 0 Å². The van der Waals surface area contributed by atoms with Crippen molar-refractivity contribution in [3.05, 3.63) is 52.0 Å². The summed E-state index contributed by atoms with van der Waals surface area (Å²) in [5.41, 5.74) is 2.14. The summed E-state index contributed by atoms with van der Waals surface area (Å²) in [4.78, 5) is 10.8. The molecule has 0 radical (unpaired) electrons. The molecule has 3 aliphatic rings. The summed E-state index contributed by atoms with van der Waals surface area (Å²) in [6.45, 7) is 3.19. The molecule has 0 spiro atoms. The minimum atomic E-state index is -1.46. The van der Waals surface area contributed by atoms with E-state index in [1.807, 2.05) is 6.07 Å². The van der Waals surface area contributed by atoms with E-state index in [2.05, 4.69) is 20.2 Å². The zero-order chi connectivity index (χ0) is 18.8. The van der Waals surface area contributed by atoms with Crippen LogP contribution in [0.2, 0.25) is 5.02 Å². The van der Waals surface area contributed by atoms with E-state index in [1.165, 1.54) is 0 Å². The van der Waals surface area contributed by atoms with Gasteiger partial charge >= 0.3 is 29.6 Å². The molecular weight excluding hydrogens is 413 g/mol. The van der Waals surface area contributed by atoms with Crippen molar-refractivity contribution < 1.29 is 43.2 Å². The van der Waals surface area contributed by atoms with Crippen molar-refractivity contribution in [2.24, 2.45) is 4.99 Å². The number of anilines is 1. The van der Waals surface area contributed by atoms with Crippen LogP contribution in [-0.4, -0.2) is 59.4 Å². The normalized spacial score (nSPS) is 19.6. The van der Waals surface area contributed by atoms with Crippen LogP contribution in [0.1, 0.15) is 5.69 Å². The zero-order valence-corrected chi connectivity index (χ0v) is 19.4. The molecule has 0 unspecified atom stereocenters. The number of nitrogens with zero attached hydrogens (tertiary/aromatic N) is 5. The summed E-state index contributed by atoms with van der Waals surface area (Å²) in [5, 5.41) is 4.81. The van der Waals surface area contributed by atoms with Crippen LogP contribution in [0, 0.1) is 0 Å². The van der Waals surface area contributed by atoms with Gasteiger partial charge in [-0.05, 0) is 18.8 Å². The van der Waals surface area contributed by atoms with Crippen LogP contribution in [0.25, 0.3) is 5.32 Å². The number of hydrogen-bond acceptors (Lipinski definition) is 6. The van der Waals surface area contributed by atoms with Gasteiger partial charge in [0.05, 0.1) is 48.7 Å². The number of rotatable bonds is 5. The molecule has 0 saturated carbocycles. The summed E-state index contributed by atoms with van der Waals surface area (Å²) in [5.74, 6) is 1.32. The second kappa shape index (κ2) is 9.60. The minimum absolute atomic E-state index is 0. The number of halogens is 1. The Hall–Kier alpha value is -1.10. The first-order valence-corrected chi connectivity index (χ1v) is 10.2. The number of hydrogen-bond donors (Lipinski definition) is 0. The summed E-state index contributed by atoms with van der Waals surface area (Å²) in [6, 6.07) is 1.88. The van der Waals surface area contributed by atoms with Crippen molar-refractivity contribution in [2.75, 3.05) is 45.0 Å². The van der Waals surface area contributed by atoms with Crippen molar-refractivity contribution in [3.8, 4) is 0 Å². The number of aromatic nitrogens is 1. The van der Waals surface area contributed by atoms with Gasteiger partial charge in [-0.25, -0.2) is 8.51 Å². The minimum Gasteiger partial charge on any atom is -0.663 e. The number of morpholine rings is 1. The SMILES string of the molecule is COC1=CN([S@](=O)Cc2nccc(N3CCOCC3)c2Cl)C2=NC[N-]C2=C1.[Na+]. The third-order valence-electron chi connectivity index (χ3n) is 4.43. The summed E-state index contributed by atoms with van der Waals surface area (Å²) < 4.78 is 25.3. The van der Waals surface area contributed by atoms with E-state index in [4.69, 9.17) is 21.1 Å². The van der Waals surface area contributed by atoms with Gasteiger partial charge in [0.15, 0.2) is 0 Å². The van der Waals surface area contributed by atoms with Gasteiger partial charge in [0.25, 0.3) is 0 Å². The molecule has 1 saturated heterocycles.